The third kappa shape index (κ3) is 5.29. The second-order valence-electron chi connectivity index (χ2n) is 6.56. The molecule has 2 N–H and O–H groups in total. The van der Waals surface area contributed by atoms with Gasteiger partial charge in [-0.25, -0.2) is 4.98 Å². The number of aromatic nitrogens is 2. The normalized spacial score (nSPS) is 13.8. The van der Waals surface area contributed by atoms with Crippen LogP contribution in [0.2, 0.25) is 5.02 Å². The van der Waals surface area contributed by atoms with Gasteiger partial charge in [0.2, 0.25) is 5.95 Å². The summed E-state index contributed by atoms with van der Waals surface area (Å²) in [6.07, 6.45) is -2.67. The van der Waals surface area contributed by atoms with Gasteiger partial charge in [-0.3, -0.25) is 0 Å². The summed E-state index contributed by atoms with van der Waals surface area (Å²) in [5.41, 5.74) is 2.11. The van der Waals surface area contributed by atoms with Crippen LogP contribution in [0.5, 0.6) is 5.75 Å². The number of benzene rings is 2. The van der Waals surface area contributed by atoms with Gasteiger partial charge < -0.3 is 15.4 Å². The number of hydrogen-bond donors (Lipinski definition) is 2. The highest BCUT2D eigenvalue weighted by molar-refractivity contribution is 6.32. The molecule has 4 rings (SSSR count). The van der Waals surface area contributed by atoms with Crippen molar-refractivity contribution in [3.8, 4) is 17.0 Å². The summed E-state index contributed by atoms with van der Waals surface area (Å²) >= 11 is 5.93. The molecule has 150 valence electrons. The van der Waals surface area contributed by atoms with Crippen LogP contribution in [0.3, 0.4) is 0 Å². The fourth-order valence-corrected chi connectivity index (χ4v) is 2.90. The van der Waals surface area contributed by atoms with E-state index in [2.05, 4.69) is 25.3 Å². The van der Waals surface area contributed by atoms with Crippen LogP contribution in [0.25, 0.3) is 11.3 Å². The predicted octanol–water partition coefficient (Wildman–Crippen LogP) is 6.01. The maximum atomic E-state index is 12.4. The molecule has 0 atom stereocenters. The van der Waals surface area contributed by atoms with Crippen LogP contribution < -0.4 is 15.4 Å². The van der Waals surface area contributed by atoms with E-state index in [1.807, 2.05) is 30.3 Å². The molecule has 9 heteroatoms. The average Bonchev–Trinajstić information content (AvgIpc) is 3.47. The van der Waals surface area contributed by atoms with Crippen molar-refractivity contribution in [2.24, 2.45) is 0 Å². The molecular weight excluding hydrogens is 405 g/mol. The largest absolute Gasteiger partial charge is 0.573 e. The molecule has 0 radical (unpaired) electrons. The van der Waals surface area contributed by atoms with E-state index < -0.39 is 12.1 Å². The lowest BCUT2D eigenvalue weighted by atomic mass is 10.1. The van der Waals surface area contributed by atoms with Gasteiger partial charge in [-0.1, -0.05) is 41.9 Å². The molecule has 2 aromatic carbocycles. The highest BCUT2D eigenvalue weighted by Gasteiger charge is 2.32. The van der Waals surface area contributed by atoms with Crippen LogP contribution in [0.4, 0.5) is 30.6 Å². The summed E-state index contributed by atoms with van der Waals surface area (Å²) < 4.78 is 41.1. The quantitative estimate of drug-likeness (QED) is 0.511. The van der Waals surface area contributed by atoms with Gasteiger partial charge >= 0.3 is 6.36 Å². The van der Waals surface area contributed by atoms with E-state index in [4.69, 9.17) is 11.6 Å². The number of nitrogens with one attached hydrogen (secondary N) is 2. The second-order valence-corrected chi connectivity index (χ2v) is 6.97. The number of alkyl halides is 3. The Labute approximate surface area is 169 Å². The van der Waals surface area contributed by atoms with Crippen molar-refractivity contribution in [3.05, 3.63) is 59.6 Å². The number of nitrogens with zero attached hydrogens (tertiary/aromatic N) is 2. The highest BCUT2D eigenvalue weighted by atomic mass is 35.5. The Kier molecular flexibility index (Phi) is 5.19. The number of ether oxygens (including phenoxy) is 1. The Morgan fingerprint density at radius 2 is 1.76 bits per heavy atom. The van der Waals surface area contributed by atoms with Crippen molar-refractivity contribution in [3.63, 3.8) is 0 Å². The summed E-state index contributed by atoms with van der Waals surface area (Å²) in [6.45, 7) is 0. The van der Waals surface area contributed by atoms with Crippen LogP contribution in [-0.2, 0) is 0 Å². The van der Waals surface area contributed by atoms with Crippen molar-refractivity contribution in [1.29, 1.82) is 0 Å². The van der Waals surface area contributed by atoms with Crippen molar-refractivity contribution in [2.45, 2.75) is 25.2 Å². The van der Waals surface area contributed by atoms with Gasteiger partial charge in [0.05, 0.1) is 10.7 Å². The lowest BCUT2D eigenvalue weighted by molar-refractivity contribution is -0.274. The predicted molar refractivity (Wildman–Crippen MR) is 106 cm³/mol. The number of halogens is 4. The van der Waals surface area contributed by atoms with Crippen LogP contribution in [0.1, 0.15) is 12.8 Å². The Bertz CT molecular complexity index is 1010. The highest BCUT2D eigenvalue weighted by Crippen LogP contribution is 2.33. The minimum absolute atomic E-state index is 0.166. The lowest BCUT2D eigenvalue weighted by Crippen LogP contribution is -2.17. The molecule has 1 aliphatic carbocycles. The molecule has 0 spiro atoms. The topological polar surface area (TPSA) is 59.1 Å². The van der Waals surface area contributed by atoms with E-state index in [1.165, 1.54) is 12.1 Å². The van der Waals surface area contributed by atoms with E-state index in [-0.39, 0.29) is 5.02 Å². The first-order valence-electron chi connectivity index (χ1n) is 8.89. The van der Waals surface area contributed by atoms with Gasteiger partial charge in [0.15, 0.2) is 0 Å². The third-order valence-corrected chi connectivity index (χ3v) is 4.43. The SMILES string of the molecule is FC(F)(F)Oc1ccc(Nc2cc(-c3ccccc3)nc(NC3CC3)n2)cc1Cl. The average molecular weight is 421 g/mol. The van der Waals surface area contributed by atoms with Gasteiger partial charge in [0, 0.05) is 23.4 Å². The van der Waals surface area contributed by atoms with Gasteiger partial charge in [-0.2, -0.15) is 4.98 Å². The first kappa shape index (κ1) is 19.3. The molecule has 1 fully saturated rings. The minimum atomic E-state index is -4.81. The molecule has 29 heavy (non-hydrogen) atoms. The van der Waals surface area contributed by atoms with E-state index in [1.54, 1.807) is 6.07 Å². The Morgan fingerprint density at radius 1 is 1.00 bits per heavy atom. The summed E-state index contributed by atoms with van der Waals surface area (Å²) in [6, 6.07) is 15.7. The number of hydrogen-bond acceptors (Lipinski definition) is 5. The van der Waals surface area contributed by atoms with Gasteiger partial charge in [-0.05, 0) is 31.0 Å². The molecule has 0 aliphatic heterocycles. The fourth-order valence-electron chi connectivity index (χ4n) is 2.68. The van der Waals surface area contributed by atoms with Crippen LogP contribution in [-0.4, -0.2) is 22.4 Å². The Hall–Kier alpha value is -3.00. The molecular formula is C20H16ClF3N4O. The minimum Gasteiger partial charge on any atom is -0.404 e. The van der Waals surface area contributed by atoms with Crippen molar-refractivity contribution >= 4 is 29.1 Å². The van der Waals surface area contributed by atoms with E-state index >= 15 is 0 Å². The molecule has 1 aromatic heterocycles. The zero-order valence-corrected chi connectivity index (χ0v) is 15.8. The summed E-state index contributed by atoms with van der Waals surface area (Å²) in [7, 11) is 0. The van der Waals surface area contributed by atoms with Gasteiger partial charge in [0.1, 0.15) is 11.6 Å². The standard InChI is InChI=1S/C20H16ClF3N4O/c21-15-10-14(8-9-17(15)29-20(22,23)24)25-18-11-16(12-4-2-1-3-5-12)27-19(28-18)26-13-6-7-13/h1-5,8-11,13H,6-7H2,(H2,25,26,27,28). The molecule has 3 aromatic rings. The molecule has 0 saturated heterocycles. The van der Waals surface area contributed by atoms with Crippen molar-refractivity contribution < 1.29 is 17.9 Å². The van der Waals surface area contributed by atoms with Crippen LogP contribution in [0, 0.1) is 0 Å². The number of rotatable bonds is 6. The third-order valence-electron chi connectivity index (χ3n) is 4.14. The van der Waals surface area contributed by atoms with Gasteiger partial charge in [0.25, 0.3) is 0 Å². The summed E-state index contributed by atoms with van der Waals surface area (Å²) in [5, 5.41) is 6.17. The van der Waals surface area contributed by atoms with Crippen LogP contribution in [0.15, 0.2) is 54.6 Å². The lowest BCUT2D eigenvalue weighted by Gasteiger charge is -2.13. The van der Waals surface area contributed by atoms with Gasteiger partial charge in [-0.15, -0.1) is 13.2 Å². The molecule has 0 bridgehead atoms. The molecule has 0 amide bonds. The van der Waals surface area contributed by atoms with Crippen LogP contribution >= 0.6 is 11.6 Å². The molecule has 1 heterocycles. The smallest absolute Gasteiger partial charge is 0.404 e. The number of anilines is 3. The molecule has 0 unspecified atom stereocenters. The summed E-state index contributed by atoms with van der Waals surface area (Å²) in [4.78, 5) is 9.02. The first-order chi connectivity index (χ1) is 13.9. The molecule has 5 nitrogen and oxygen atoms in total. The molecule has 1 aliphatic rings. The van der Waals surface area contributed by atoms with E-state index in [0.717, 1.165) is 30.2 Å². The molecule has 1 saturated carbocycles. The van der Waals surface area contributed by atoms with E-state index in [9.17, 15) is 13.2 Å². The first-order valence-corrected chi connectivity index (χ1v) is 9.27. The Balaban J connectivity index is 1.61. The summed E-state index contributed by atoms with van der Waals surface area (Å²) in [5.74, 6) is 0.510. The zero-order valence-electron chi connectivity index (χ0n) is 15.0. The van der Waals surface area contributed by atoms with Crippen molar-refractivity contribution in [1.82, 2.24) is 9.97 Å². The second kappa shape index (κ2) is 7.79. The van der Waals surface area contributed by atoms with E-state index in [0.29, 0.717) is 23.5 Å². The maximum absolute atomic E-state index is 12.4. The van der Waals surface area contributed by atoms with Crippen molar-refractivity contribution in [2.75, 3.05) is 10.6 Å². The monoisotopic (exact) mass is 420 g/mol. The zero-order chi connectivity index (χ0) is 20.4. The Morgan fingerprint density at radius 3 is 2.41 bits per heavy atom. The fraction of sp³-hybridized carbons (Fsp3) is 0.200. The maximum Gasteiger partial charge on any atom is 0.573 e.